The van der Waals surface area contributed by atoms with Crippen LogP contribution in [0.15, 0.2) is 58.2 Å². The lowest BCUT2D eigenvalue weighted by molar-refractivity contribution is 0.102. The molecule has 0 aliphatic carbocycles. The Balaban J connectivity index is 1.92. The van der Waals surface area contributed by atoms with Crippen LogP contribution in [-0.4, -0.2) is 31.3 Å². The molecule has 0 saturated heterocycles. The van der Waals surface area contributed by atoms with Crippen molar-refractivity contribution in [3.8, 4) is 11.4 Å². The molecule has 0 aliphatic heterocycles. The molecule has 0 unspecified atom stereocenters. The van der Waals surface area contributed by atoms with E-state index < -0.39 is 27.3 Å². The topological polar surface area (TPSA) is 121 Å². The molecule has 0 aliphatic rings. The summed E-state index contributed by atoms with van der Waals surface area (Å²) in [5.74, 6) is -1.36. The smallest absolute Gasteiger partial charge is 0.258 e. The van der Waals surface area contributed by atoms with Crippen LogP contribution in [-0.2, 0) is 10.0 Å². The van der Waals surface area contributed by atoms with Gasteiger partial charge in [0.25, 0.3) is 11.5 Å². The van der Waals surface area contributed by atoms with Gasteiger partial charge in [-0.2, -0.15) is 0 Å². The third kappa shape index (κ3) is 4.55. The molecule has 1 heterocycles. The molecule has 0 fully saturated rings. The molecule has 3 aromatic rings. The van der Waals surface area contributed by atoms with Gasteiger partial charge in [0.1, 0.15) is 11.6 Å². The first-order chi connectivity index (χ1) is 13.7. The fraction of sp³-hybridized carbons (Fsp3) is 0.105. The molecule has 3 rings (SSSR count). The minimum atomic E-state index is -3.83. The van der Waals surface area contributed by atoms with Gasteiger partial charge in [-0.1, -0.05) is 12.1 Å². The fourth-order valence-corrected chi connectivity index (χ4v) is 3.38. The highest BCUT2D eigenvalue weighted by atomic mass is 32.2. The molecule has 0 spiro atoms. The number of sulfonamides is 1. The number of benzene rings is 2. The first-order valence-electron chi connectivity index (χ1n) is 8.42. The molecule has 29 heavy (non-hydrogen) atoms. The van der Waals surface area contributed by atoms with Crippen molar-refractivity contribution >= 4 is 21.6 Å². The van der Waals surface area contributed by atoms with Crippen LogP contribution in [0.2, 0.25) is 0 Å². The summed E-state index contributed by atoms with van der Waals surface area (Å²) in [6.07, 6.45) is 0. The Morgan fingerprint density at radius 3 is 2.59 bits per heavy atom. The number of nitrogens with one attached hydrogen (secondary N) is 3. The van der Waals surface area contributed by atoms with Crippen LogP contribution in [0, 0.1) is 12.7 Å². The van der Waals surface area contributed by atoms with Crippen LogP contribution in [0.4, 0.5) is 10.1 Å². The van der Waals surface area contributed by atoms with Gasteiger partial charge in [-0.25, -0.2) is 22.5 Å². The minimum Gasteiger partial charge on any atom is -0.322 e. The number of hydrogen-bond acceptors (Lipinski definition) is 5. The number of anilines is 1. The van der Waals surface area contributed by atoms with Gasteiger partial charge in [0.2, 0.25) is 10.0 Å². The van der Waals surface area contributed by atoms with E-state index >= 15 is 0 Å². The molecule has 0 radical (unpaired) electrons. The van der Waals surface area contributed by atoms with Crippen LogP contribution in [0.3, 0.4) is 0 Å². The van der Waals surface area contributed by atoms with E-state index in [9.17, 15) is 22.4 Å². The number of aryl methyl sites for hydroxylation is 1. The van der Waals surface area contributed by atoms with E-state index in [1.54, 1.807) is 31.2 Å². The Morgan fingerprint density at radius 2 is 1.90 bits per heavy atom. The summed E-state index contributed by atoms with van der Waals surface area (Å²) in [7, 11) is -2.62. The summed E-state index contributed by atoms with van der Waals surface area (Å²) in [4.78, 5) is 30.8. The summed E-state index contributed by atoms with van der Waals surface area (Å²) in [5.41, 5.74) is 0.650. The zero-order chi connectivity index (χ0) is 21.2. The van der Waals surface area contributed by atoms with Crippen molar-refractivity contribution < 1.29 is 17.6 Å². The molecule has 150 valence electrons. The van der Waals surface area contributed by atoms with Gasteiger partial charge in [0, 0.05) is 23.0 Å². The summed E-state index contributed by atoms with van der Waals surface area (Å²) >= 11 is 0. The second-order valence-corrected chi connectivity index (χ2v) is 8.01. The molecule has 0 bridgehead atoms. The first-order valence-corrected chi connectivity index (χ1v) is 9.91. The van der Waals surface area contributed by atoms with E-state index in [2.05, 4.69) is 20.0 Å². The summed E-state index contributed by atoms with van der Waals surface area (Å²) < 4.78 is 40.0. The largest absolute Gasteiger partial charge is 0.322 e. The summed E-state index contributed by atoms with van der Waals surface area (Å²) in [5, 5.41) is 2.52. The van der Waals surface area contributed by atoms with Gasteiger partial charge in [0.15, 0.2) is 0 Å². The van der Waals surface area contributed by atoms with E-state index in [0.29, 0.717) is 22.8 Å². The lowest BCUT2D eigenvalue weighted by atomic mass is 10.1. The molecule has 2 aromatic carbocycles. The quantitative estimate of drug-likeness (QED) is 0.588. The zero-order valence-corrected chi connectivity index (χ0v) is 16.3. The van der Waals surface area contributed by atoms with Gasteiger partial charge in [-0.05, 0) is 44.3 Å². The second kappa shape index (κ2) is 7.94. The Bertz CT molecular complexity index is 1260. The third-order valence-electron chi connectivity index (χ3n) is 4.03. The summed E-state index contributed by atoms with van der Waals surface area (Å²) in [6, 6.07) is 10.7. The monoisotopic (exact) mass is 416 g/mol. The van der Waals surface area contributed by atoms with E-state index in [1.807, 2.05) is 0 Å². The second-order valence-electron chi connectivity index (χ2n) is 6.12. The third-order valence-corrected chi connectivity index (χ3v) is 5.44. The van der Waals surface area contributed by atoms with Crippen LogP contribution in [0.1, 0.15) is 16.1 Å². The van der Waals surface area contributed by atoms with Crippen molar-refractivity contribution in [2.24, 2.45) is 0 Å². The van der Waals surface area contributed by atoms with Crippen LogP contribution >= 0.6 is 0 Å². The molecule has 1 aromatic heterocycles. The number of carbonyl (C=O) groups excluding carboxylic acids is 1. The van der Waals surface area contributed by atoms with Gasteiger partial charge in [-0.3, -0.25) is 9.59 Å². The van der Waals surface area contributed by atoms with Gasteiger partial charge in [-0.15, -0.1) is 0 Å². The number of aromatic amines is 1. The number of aromatic nitrogens is 2. The molecular weight excluding hydrogens is 399 g/mol. The van der Waals surface area contributed by atoms with Crippen molar-refractivity contribution in [1.29, 1.82) is 0 Å². The predicted octanol–water partition coefficient (Wildman–Crippen LogP) is 2.04. The maximum Gasteiger partial charge on any atom is 0.258 e. The molecule has 8 nitrogen and oxygen atoms in total. The number of rotatable bonds is 5. The molecular formula is C19H17FN4O4S. The number of H-pyrrole nitrogens is 1. The highest BCUT2D eigenvalue weighted by Gasteiger charge is 2.18. The molecule has 1 amide bonds. The van der Waals surface area contributed by atoms with Crippen molar-refractivity contribution in [3.05, 3.63) is 76.0 Å². The lowest BCUT2D eigenvalue weighted by Gasteiger charge is -2.10. The van der Waals surface area contributed by atoms with Crippen molar-refractivity contribution in [2.45, 2.75) is 11.8 Å². The Hall–Kier alpha value is -3.37. The van der Waals surface area contributed by atoms with E-state index in [0.717, 1.165) is 18.2 Å². The Labute approximate surface area is 165 Å². The van der Waals surface area contributed by atoms with Crippen LogP contribution in [0.5, 0.6) is 0 Å². The highest BCUT2D eigenvalue weighted by Crippen LogP contribution is 2.21. The SMILES string of the molecule is CNS(=O)(=O)c1ccc(F)c(C(=O)Nc2cccc(-c3nc(C)cc(=O)[nH]3)c2)c1. The number of amides is 1. The lowest BCUT2D eigenvalue weighted by Crippen LogP contribution is -2.20. The maximum atomic E-state index is 14.1. The minimum absolute atomic E-state index is 0.234. The Morgan fingerprint density at radius 1 is 1.14 bits per heavy atom. The van der Waals surface area contributed by atoms with Crippen molar-refractivity contribution in [2.75, 3.05) is 12.4 Å². The first kappa shape index (κ1) is 20.4. The average molecular weight is 416 g/mol. The van der Waals surface area contributed by atoms with E-state index in [1.165, 1.54) is 13.1 Å². The predicted molar refractivity (Wildman–Crippen MR) is 106 cm³/mol. The van der Waals surface area contributed by atoms with Crippen molar-refractivity contribution in [3.63, 3.8) is 0 Å². The fourth-order valence-electron chi connectivity index (χ4n) is 2.62. The summed E-state index contributed by atoms with van der Waals surface area (Å²) in [6.45, 7) is 1.68. The maximum absolute atomic E-state index is 14.1. The number of carbonyl (C=O) groups is 1. The molecule has 3 N–H and O–H groups in total. The van der Waals surface area contributed by atoms with E-state index in [4.69, 9.17) is 0 Å². The molecule has 10 heteroatoms. The highest BCUT2D eigenvalue weighted by molar-refractivity contribution is 7.89. The van der Waals surface area contributed by atoms with Crippen LogP contribution in [0.25, 0.3) is 11.4 Å². The van der Waals surface area contributed by atoms with Gasteiger partial charge >= 0.3 is 0 Å². The standard InChI is InChI=1S/C19H17FN4O4S/c1-11-8-17(25)24-18(22-11)12-4-3-5-13(9-12)23-19(26)15-10-14(6-7-16(15)20)29(27,28)21-2/h3-10,21H,1-2H3,(H,23,26)(H,22,24,25). The molecule has 0 atom stereocenters. The van der Waals surface area contributed by atoms with Crippen molar-refractivity contribution in [1.82, 2.24) is 14.7 Å². The zero-order valence-electron chi connectivity index (χ0n) is 15.5. The van der Waals surface area contributed by atoms with Gasteiger partial charge < -0.3 is 10.3 Å². The van der Waals surface area contributed by atoms with Gasteiger partial charge in [0.05, 0.1) is 10.5 Å². The number of halogens is 1. The molecule has 0 saturated carbocycles. The normalized spacial score (nSPS) is 11.3. The number of nitrogens with zero attached hydrogens (tertiary/aromatic N) is 1. The number of hydrogen-bond donors (Lipinski definition) is 3. The van der Waals surface area contributed by atoms with Crippen LogP contribution < -0.4 is 15.6 Å². The Kier molecular flexibility index (Phi) is 5.57. The average Bonchev–Trinajstić information content (AvgIpc) is 2.67. The van der Waals surface area contributed by atoms with E-state index in [-0.39, 0.29) is 10.5 Å².